The number of carbonyl (C=O) groups excluding carboxylic acids is 1. The molecule has 0 fully saturated rings. The number of aliphatic hydroxyl groups excluding tert-OH is 1. The number of hydrogen-bond donors (Lipinski definition) is 1. The molecule has 2 aromatic carbocycles. The van der Waals surface area contributed by atoms with Crippen molar-refractivity contribution in [3.63, 3.8) is 0 Å². The SMILES string of the molecule is C=C(C)Cn1c2ccccc2c2c(-c3ccc(C)cc3)c(C(O)C(=O)OC)n(C)c(=O)c21. The molecule has 164 valence electrons. The fourth-order valence-electron chi connectivity index (χ4n) is 4.33. The first kappa shape index (κ1) is 21.6. The molecule has 32 heavy (non-hydrogen) atoms. The molecule has 1 N–H and O–H groups in total. The maximum atomic E-state index is 13.6. The van der Waals surface area contributed by atoms with E-state index in [1.807, 2.05) is 66.9 Å². The van der Waals surface area contributed by atoms with Crippen LogP contribution >= 0.6 is 0 Å². The van der Waals surface area contributed by atoms with Crippen LogP contribution in [-0.2, 0) is 23.1 Å². The lowest BCUT2D eigenvalue weighted by molar-refractivity contribution is -0.151. The smallest absolute Gasteiger partial charge is 0.340 e. The number of carbonyl (C=O) groups is 1. The van der Waals surface area contributed by atoms with E-state index in [0.717, 1.165) is 27.6 Å². The topological polar surface area (TPSA) is 73.5 Å². The molecule has 4 aromatic rings. The summed E-state index contributed by atoms with van der Waals surface area (Å²) >= 11 is 0. The Morgan fingerprint density at radius 3 is 2.44 bits per heavy atom. The van der Waals surface area contributed by atoms with Gasteiger partial charge in [0.2, 0.25) is 0 Å². The van der Waals surface area contributed by atoms with E-state index in [-0.39, 0.29) is 11.3 Å². The van der Waals surface area contributed by atoms with Crippen LogP contribution in [0.25, 0.3) is 32.9 Å². The van der Waals surface area contributed by atoms with Crippen LogP contribution < -0.4 is 5.56 Å². The number of fused-ring (bicyclic) bond motifs is 3. The molecule has 0 aliphatic rings. The Bertz CT molecular complexity index is 1420. The first-order valence-corrected chi connectivity index (χ1v) is 10.4. The largest absolute Gasteiger partial charge is 0.467 e. The van der Waals surface area contributed by atoms with Gasteiger partial charge in [-0.1, -0.05) is 60.2 Å². The molecule has 2 heterocycles. The normalized spacial score (nSPS) is 12.3. The molecule has 0 aliphatic carbocycles. The Morgan fingerprint density at radius 2 is 1.81 bits per heavy atom. The van der Waals surface area contributed by atoms with Gasteiger partial charge in [0.05, 0.1) is 12.8 Å². The number of nitrogens with zero attached hydrogens (tertiary/aromatic N) is 2. The van der Waals surface area contributed by atoms with Gasteiger partial charge < -0.3 is 19.0 Å². The summed E-state index contributed by atoms with van der Waals surface area (Å²) in [6, 6.07) is 15.6. The first-order valence-electron chi connectivity index (χ1n) is 10.4. The second kappa shape index (κ2) is 8.13. The zero-order chi connectivity index (χ0) is 23.2. The van der Waals surface area contributed by atoms with E-state index in [1.165, 1.54) is 11.7 Å². The van der Waals surface area contributed by atoms with Crippen molar-refractivity contribution in [2.45, 2.75) is 26.5 Å². The lowest BCUT2D eigenvalue weighted by Gasteiger charge is -2.20. The van der Waals surface area contributed by atoms with Crippen LogP contribution in [0.15, 0.2) is 65.5 Å². The van der Waals surface area contributed by atoms with E-state index >= 15 is 0 Å². The number of para-hydroxylation sites is 1. The van der Waals surface area contributed by atoms with Gasteiger partial charge in [-0.15, -0.1) is 0 Å². The summed E-state index contributed by atoms with van der Waals surface area (Å²) in [6.07, 6.45) is -1.61. The number of pyridine rings is 1. The number of aromatic nitrogens is 2. The second-order valence-corrected chi connectivity index (χ2v) is 8.20. The van der Waals surface area contributed by atoms with E-state index in [4.69, 9.17) is 4.74 Å². The lowest BCUT2D eigenvalue weighted by Crippen LogP contribution is -2.28. The summed E-state index contributed by atoms with van der Waals surface area (Å²) in [7, 11) is 2.79. The van der Waals surface area contributed by atoms with Gasteiger partial charge in [-0.2, -0.15) is 0 Å². The molecule has 0 saturated carbocycles. The van der Waals surface area contributed by atoms with Gasteiger partial charge in [0.15, 0.2) is 6.10 Å². The maximum Gasteiger partial charge on any atom is 0.340 e. The fourth-order valence-corrected chi connectivity index (χ4v) is 4.33. The standard InChI is InChI=1S/C26H26N2O4/c1-15(2)14-28-19-9-7-6-8-18(19)21-20(17-12-10-16(3)11-13-17)22(24(29)26(31)32-5)27(4)25(30)23(21)28/h6-13,24,29H,1,14H2,2-5H3. The van der Waals surface area contributed by atoms with Crippen molar-refractivity contribution < 1.29 is 14.6 Å². The van der Waals surface area contributed by atoms with Crippen LogP contribution in [0.5, 0.6) is 0 Å². The van der Waals surface area contributed by atoms with Crippen molar-refractivity contribution in [3.05, 3.63) is 82.3 Å². The number of hydrogen-bond acceptors (Lipinski definition) is 4. The van der Waals surface area contributed by atoms with Crippen molar-refractivity contribution in [1.29, 1.82) is 0 Å². The Labute approximate surface area is 186 Å². The summed E-state index contributed by atoms with van der Waals surface area (Å²) in [5.41, 5.74) is 4.72. The van der Waals surface area contributed by atoms with E-state index in [1.54, 1.807) is 7.05 Å². The number of methoxy groups -OCH3 is 1. The van der Waals surface area contributed by atoms with Crippen LogP contribution in [0, 0.1) is 6.92 Å². The molecule has 6 nitrogen and oxygen atoms in total. The Hall–Kier alpha value is -3.64. The number of esters is 1. The van der Waals surface area contributed by atoms with Gasteiger partial charge in [-0.3, -0.25) is 4.79 Å². The predicted octanol–water partition coefficient (Wildman–Crippen LogP) is 4.25. The van der Waals surface area contributed by atoms with Crippen molar-refractivity contribution >= 4 is 27.8 Å². The second-order valence-electron chi connectivity index (χ2n) is 8.20. The molecule has 0 aliphatic heterocycles. The number of aryl methyl sites for hydroxylation is 1. The molecule has 1 atom stereocenters. The molecule has 0 spiro atoms. The highest BCUT2D eigenvalue weighted by Crippen LogP contribution is 2.39. The van der Waals surface area contributed by atoms with Gasteiger partial charge in [-0.25, -0.2) is 4.79 Å². The Balaban J connectivity index is 2.28. The number of benzene rings is 2. The maximum absolute atomic E-state index is 13.6. The highest BCUT2D eigenvalue weighted by Gasteiger charge is 2.30. The third-order valence-electron chi connectivity index (χ3n) is 5.80. The monoisotopic (exact) mass is 430 g/mol. The molecule has 0 amide bonds. The minimum absolute atomic E-state index is 0.205. The van der Waals surface area contributed by atoms with E-state index in [0.29, 0.717) is 23.0 Å². The third kappa shape index (κ3) is 3.33. The number of ether oxygens (including phenoxy) is 1. The van der Waals surface area contributed by atoms with Gasteiger partial charge in [0, 0.05) is 35.4 Å². The quantitative estimate of drug-likeness (QED) is 0.379. The fraction of sp³-hybridized carbons (Fsp3) is 0.231. The van der Waals surface area contributed by atoms with Crippen LogP contribution in [0.3, 0.4) is 0 Å². The van der Waals surface area contributed by atoms with Crippen molar-refractivity contribution in [3.8, 4) is 11.1 Å². The van der Waals surface area contributed by atoms with E-state index in [2.05, 4.69) is 6.58 Å². The summed E-state index contributed by atoms with van der Waals surface area (Å²) < 4.78 is 8.12. The summed E-state index contributed by atoms with van der Waals surface area (Å²) in [4.78, 5) is 26.0. The summed E-state index contributed by atoms with van der Waals surface area (Å²) in [5, 5.41) is 12.5. The molecule has 4 rings (SSSR count). The van der Waals surface area contributed by atoms with E-state index in [9.17, 15) is 14.7 Å². The first-order chi connectivity index (χ1) is 15.3. The van der Waals surface area contributed by atoms with Gasteiger partial charge in [-0.05, 0) is 25.5 Å². The van der Waals surface area contributed by atoms with Crippen LogP contribution in [0.1, 0.15) is 24.3 Å². The molecule has 2 aromatic heterocycles. The number of allylic oxidation sites excluding steroid dienone is 1. The number of rotatable bonds is 5. The van der Waals surface area contributed by atoms with Crippen LogP contribution in [0.2, 0.25) is 0 Å². The molecule has 0 bridgehead atoms. The molecule has 6 heteroatoms. The third-order valence-corrected chi connectivity index (χ3v) is 5.80. The minimum atomic E-state index is -1.61. The van der Waals surface area contributed by atoms with Crippen molar-refractivity contribution in [1.82, 2.24) is 9.13 Å². The molecular formula is C26H26N2O4. The van der Waals surface area contributed by atoms with Crippen LogP contribution in [-0.4, -0.2) is 27.3 Å². The summed E-state index contributed by atoms with van der Waals surface area (Å²) in [6.45, 7) is 8.42. The van der Waals surface area contributed by atoms with Crippen molar-refractivity contribution in [2.75, 3.05) is 7.11 Å². The highest BCUT2D eigenvalue weighted by atomic mass is 16.5. The van der Waals surface area contributed by atoms with Gasteiger partial charge in [0.1, 0.15) is 5.52 Å². The Morgan fingerprint density at radius 1 is 1.16 bits per heavy atom. The zero-order valence-corrected chi connectivity index (χ0v) is 18.7. The zero-order valence-electron chi connectivity index (χ0n) is 18.7. The van der Waals surface area contributed by atoms with Gasteiger partial charge >= 0.3 is 5.97 Å². The average molecular weight is 431 g/mol. The summed E-state index contributed by atoms with van der Waals surface area (Å²) in [5.74, 6) is -0.821. The molecule has 1 unspecified atom stereocenters. The van der Waals surface area contributed by atoms with Crippen LogP contribution in [0.4, 0.5) is 0 Å². The van der Waals surface area contributed by atoms with Gasteiger partial charge in [0.25, 0.3) is 5.56 Å². The molecular weight excluding hydrogens is 404 g/mol. The van der Waals surface area contributed by atoms with E-state index < -0.39 is 12.1 Å². The number of aliphatic hydroxyl groups is 1. The van der Waals surface area contributed by atoms with Crippen molar-refractivity contribution in [2.24, 2.45) is 7.05 Å². The average Bonchev–Trinajstić information content (AvgIpc) is 3.09. The molecule has 0 radical (unpaired) electrons. The molecule has 0 saturated heterocycles. The highest BCUT2D eigenvalue weighted by molar-refractivity contribution is 6.15. The lowest BCUT2D eigenvalue weighted by atomic mass is 9.94. The Kier molecular flexibility index (Phi) is 5.48. The minimum Gasteiger partial charge on any atom is -0.467 e. The predicted molar refractivity (Wildman–Crippen MR) is 127 cm³/mol.